The second kappa shape index (κ2) is 6.17. The summed E-state index contributed by atoms with van der Waals surface area (Å²) in [4.78, 5) is 4.23. The van der Waals surface area contributed by atoms with E-state index in [9.17, 15) is 0 Å². The van der Waals surface area contributed by atoms with Gasteiger partial charge in [0, 0.05) is 19.3 Å². The number of imidazole rings is 1. The maximum Gasteiger partial charge on any atom is 0.0949 e. The lowest BCUT2D eigenvalue weighted by molar-refractivity contribution is 0.0962. The van der Waals surface area contributed by atoms with Crippen LogP contribution in [-0.4, -0.2) is 28.8 Å². The first kappa shape index (κ1) is 12.6. The highest BCUT2D eigenvalue weighted by Gasteiger charge is 2.16. The van der Waals surface area contributed by atoms with Crippen molar-refractivity contribution >= 4 is 0 Å². The zero-order valence-electron chi connectivity index (χ0n) is 10.9. The highest BCUT2D eigenvalue weighted by molar-refractivity contribution is 4.98. The molecule has 1 fully saturated rings. The van der Waals surface area contributed by atoms with E-state index in [1.165, 1.54) is 18.5 Å². The Morgan fingerprint density at radius 2 is 2.47 bits per heavy atom. The summed E-state index contributed by atoms with van der Waals surface area (Å²) in [6.45, 7) is 8.24. The summed E-state index contributed by atoms with van der Waals surface area (Å²) in [6.07, 6.45) is 6.61. The van der Waals surface area contributed by atoms with Gasteiger partial charge in [0.2, 0.25) is 0 Å². The van der Waals surface area contributed by atoms with E-state index < -0.39 is 0 Å². The van der Waals surface area contributed by atoms with Crippen molar-refractivity contribution in [2.24, 2.45) is 5.92 Å². The van der Waals surface area contributed by atoms with Crippen molar-refractivity contribution in [1.82, 2.24) is 14.9 Å². The van der Waals surface area contributed by atoms with Gasteiger partial charge in [-0.1, -0.05) is 13.8 Å². The van der Waals surface area contributed by atoms with E-state index in [2.05, 4.69) is 28.7 Å². The smallest absolute Gasteiger partial charge is 0.0949 e. The van der Waals surface area contributed by atoms with E-state index in [1.807, 2.05) is 12.5 Å². The first-order valence-electron chi connectivity index (χ1n) is 6.57. The first-order valence-corrected chi connectivity index (χ1v) is 6.57. The molecule has 2 heterocycles. The van der Waals surface area contributed by atoms with E-state index >= 15 is 0 Å². The standard InChI is InChI=1S/C13H23N3O/c1-11(2)6-14-7-12-8-15-10-16(12)9-13-4-3-5-17-13/h8,10-11,13-14H,3-7,9H2,1-2H3. The Morgan fingerprint density at radius 3 is 3.18 bits per heavy atom. The molecule has 0 aromatic carbocycles. The van der Waals surface area contributed by atoms with Gasteiger partial charge in [-0.3, -0.25) is 0 Å². The largest absolute Gasteiger partial charge is 0.376 e. The molecule has 1 aliphatic heterocycles. The van der Waals surface area contributed by atoms with Gasteiger partial charge < -0.3 is 14.6 Å². The molecule has 1 aliphatic rings. The molecule has 96 valence electrons. The van der Waals surface area contributed by atoms with Crippen molar-refractivity contribution < 1.29 is 4.74 Å². The third kappa shape index (κ3) is 3.82. The van der Waals surface area contributed by atoms with E-state index in [-0.39, 0.29) is 0 Å². The van der Waals surface area contributed by atoms with Crippen molar-refractivity contribution in [1.29, 1.82) is 0 Å². The van der Waals surface area contributed by atoms with Crippen molar-refractivity contribution in [2.75, 3.05) is 13.2 Å². The van der Waals surface area contributed by atoms with Gasteiger partial charge in [0.25, 0.3) is 0 Å². The predicted octanol–water partition coefficient (Wildman–Crippen LogP) is 1.81. The van der Waals surface area contributed by atoms with Crippen LogP contribution in [0.3, 0.4) is 0 Å². The quantitative estimate of drug-likeness (QED) is 0.820. The summed E-state index contributed by atoms with van der Waals surface area (Å²) >= 11 is 0. The number of aromatic nitrogens is 2. The lowest BCUT2D eigenvalue weighted by atomic mass is 10.2. The summed E-state index contributed by atoms with van der Waals surface area (Å²) in [6, 6.07) is 0. The number of hydrogen-bond donors (Lipinski definition) is 1. The number of nitrogens with zero attached hydrogens (tertiary/aromatic N) is 2. The summed E-state index contributed by atoms with van der Waals surface area (Å²) in [5, 5.41) is 3.45. The number of ether oxygens (including phenoxy) is 1. The third-order valence-corrected chi connectivity index (χ3v) is 3.08. The Kier molecular flexibility index (Phi) is 4.57. The Morgan fingerprint density at radius 1 is 1.59 bits per heavy atom. The minimum atomic E-state index is 0.382. The van der Waals surface area contributed by atoms with Gasteiger partial charge in [-0.25, -0.2) is 4.98 Å². The van der Waals surface area contributed by atoms with Crippen LogP contribution in [0.5, 0.6) is 0 Å². The Balaban J connectivity index is 1.83. The average molecular weight is 237 g/mol. The molecule has 2 rings (SSSR count). The van der Waals surface area contributed by atoms with Crippen molar-refractivity contribution in [3.63, 3.8) is 0 Å². The molecule has 0 saturated carbocycles. The van der Waals surface area contributed by atoms with Crippen LogP contribution in [0.4, 0.5) is 0 Å². The molecule has 1 atom stereocenters. The summed E-state index contributed by atoms with van der Waals surface area (Å²) in [5.74, 6) is 0.685. The maximum absolute atomic E-state index is 5.65. The first-order chi connectivity index (χ1) is 8.25. The SMILES string of the molecule is CC(C)CNCc1cncn1CC1CCCO1. The minimum absolute atomic E-state index is 0.382. The van der Waals surface area contributed by atoms with E-state index in [0.29, 0.717) is 12.0 Å². The molecule has 1 N–H and O–H groups in total. The fourth-order valence-electron chi connectivity index (χ4n) is 2.16. The molecular formula is C13H23N3O. The van der Waals surface area contributed by atoms with Crippen LogP contribution in [0, 0.1) is 5.92 Å². The molecule has 0 amide bonds. The van der Waals surface area contributed by atoms with Crippen LogP contribution < -0.4 is 5.32 Å². The zero-order valence-corrected chi connectivity index (χ0v) is 10.9. The van der Waals surface area contributed by atoms with Crippen LogP contribution in [0.25, 0.3) is 0 Å². The van der Waals surface area contributed by atoms with Crippen molar-refractivity contribution in [3.8, 4) is 0 Å². The topological polar surface area (TPSA) is 39.1 Å². The van der Waals surface area contributed by atoms with Gasteiger partial charge >= 0.3 is 0 Å². The second-order valence-corrected chi connectivity index (χ2v) is 5.20. The average Bonchev–Trinajstić information content (AvgIpc) is 2.91. The lowest BCUT2D eigenvalue weighted by Crippen LogP contribution is -2.22. The Labute approximate surface area is 103 Å². The molecule has 0 aliphatic carbocycles. The molecule has 1 unspecified atom stereocenters. The van der Waals surface area contributed by atoms with Crippen LogP contribution in [0.15, 0.2) is 12.5 Å². The van der Waals surface area contributed by atoms with Crippen LogP contribution in [0.1, 0.15) is 32.4 Å². The highest BCUT2D eigenvalue weighted by atomic mass is 16.5. The van der Waals surface area contributed by atoms with Gasteiger partial charge in [-0.15, -0.1) is 0 Å². The summed E-state index contributed by atoms with van der Waals surface area (Å²) < 4.78 is 7.87. The summed E-state index contributed by atoms with van der Waals surface area (Å²) in [5.41, 5.74) is 1.25. The molecule has 4 heteroatoms. The molecule has 1 aromatic rings. The maximum atomic E-state index is 5.65. The molecule has 0 radical (unpaired) electrons. The number of rotatable bonds is 6. The highest BCUT2D eigenvalue weighted by Crippen LogP contribution is 2.14. The monoisotopic (exact) mass is 237 g/mol. The van der Waals surface area contributed by atoms with Crippen molar-refractivity contribution in [2.45, 2.75) is 45.9 Å². The van der Waals surface area contributed by atoms with E-state index in [4.69, 9.17) is 4.74 Å². The van der Waals surface area contributed by atoms with E-state index in [0.717, 1.165) is 26.2 Å². The Bertz CT molecular complexity index is 329. The fourth-order valence-corrected chi connectivity index (χ4v) is 2.16. The Hall–Kier alpha value is -0.870. The molecule has 1 saturated heterocycles. The molecule has 4 nitrogen and oxygen atoms in total. The lowest BCUT2D eigenvalue weighted by Gasteiger charge is -2.14. The van der Waals surface area contributed by atoms with Gasteiger partial charge in [0.1, 0.15) is 0 Å². The van der Waals surface area contributed by atoms with Crippen LogP contribution >= 0.6 is 0 Å². The van der Waals surface area contributed by atoms with Gasteiger partial charge in [0.15, 0.2) is 0 Å². The molecule has 0 spiro atoms. The van der Waals surface area contributed by atoms with Crippen LogP contribution in [-0.2, 0) is 17.8 Å². The number of nitrogens with one attached hydrogen (secondary N) is 1. The molecule has 17 heavy (non-hydrogen) atoms. The molecule has 1 aromatic heterocycles. The second-order valence-electron chi connectivity index (χ2n) is 5.20. The third-order valence-electron chi connectivity index (χ3n) is 3.08. The van der Waals surface area contributed by atoms with E-state index in [1.54, 1.807) is 0 Å². The minimum Gasteiger partial charge on any atom is -0.376 e. The van der Waals surface area contributed by atoms with Gasteiger partial charge in [-0.05, 0) is 25.3 Å². The predicted molar refractivity (Wildman–Crippen MR) is 67.7 cm³/mol. The fraction of sp³-hybridized carbons (Fsp3) is 0.769. The molecular weight excluding hydrogens is 214 g/mol. The van der Waals surface area contributed by atoms with Gasteiger partial charge in [0.05, 0.1) is 24.7 Å². The number of hydrogen-bond acceptors (Lipinski definition) is 3. The molecule has 0 bridgehead atoms. The normalized spacial score (nSPS) is 20.3. The summed E-state index contributed by atoms with van der Waals surface area (Å²) in [7, 11) is 0. The van der Waals surface area contributed by atoms with Crippen LogP contribution in [0.2, 0.25) is 0 Å². The van der Waals surface area contributed by atoms with Crippen molar-refractivity contribution in [3.05, 3.63) is 18.2 Å². The van der Waals surface area contributed by atoms with Gasteiger partial charge in [-0.2, -0.15) is 0 Å². The zero-order chi connectivity index (χ0) is 12.1.